The molecule has 192 valence electrons. The highest BCUT2D eigenvalue weighted by atomic mass is 19.4. The normalized spacial score (nSPS) is 19.8. The summed E-state index contributed by atoms with van der Waals surface area (Å²) in [7, 11) is 1.56. The summed E-state index contributed by atoms with van der Waals surface area (Å²) >= 11 is 0. The quantitative estimate of drug-likeness (QED) is 0.524. The van der Waals surface area contributed by atoms with Crippen LogP contribution in [-0.4, -0.2) is 66.0 Å². The van der Waals surface area contributed by atoms with Crippen molar-refractivity contribution in [1.29, 1.82) is 0 Å². The number of rotatable bonds is 5. The van der Waals surface area contributed by atoms with Crippen LogP contribution in [0.25, 0.3) is 11.4 Å². The fourth-order valence-corrected chi connectivity index (χ4v) is 4.22. The second kappa shape index (κ2) is 9.39. The number of nitrogens with zero attached hydrogens (tertiary/aromatic N) is 7. The standard InChI is InChI=1S/C22H23F5N8O/c1-12-4-5-15(18-31-33-34(3)32-18)16(6-12)19(36)35-11-21(23,24)7-13(2)17(35)10-30-20-28-8-14(9-29-20)22(25,26)27/h4-6,8-9,13,17H,7,10-11H2,1-3H3,(H,28,29,30)/t13-,17-/m1/s1. The molecule has 1 aromatic carbocycles. The van der Waals surface area contributed by atoms with Crippen LogP contribution in [-0.2, 0) is 13.2 Å². The molecular weight excluding hydrogens is 487 g/mol. The molecule has 2 aromatic heterocycles. The molecule has 0 radical (unpaired) electrons. The van der Waals surface area contributed by atoms with Crippen LogP contribution in [0.2, 0.25) is 0 Å². The summed E-state index contributed by atoms with van der Waals surface area (Å²) in [6, 6.07) is 4.24. The Morgan fingerprint density at radius 1 is 1.22 bits per heavy atom. The van der Waals surface area contributed by atoms with Crippen molar-refractivity contribution in [2.45, 2.75) is 38.4 Å². The van der Waals surface area contributed by atoms with E-state index in [0.29, 0.717) is 18.0 Å². The number of aryl methyl sites for hydroxylation is 2. The number of piperidine rings is 1. The first kappa shape index (κ1) is 25.4. The summed E-state index contributed by atoms with van der Waals surface area (Å²) in [4.78, 5) is 23.3. The maximum absolute atomic E-state index is 14.6. The lowest BCUT2D eigenvalue weighted by molar-refractivity contribution is -0.138. The summed E-state index contributed by atoms with van der Waals surface area (Å²) in [5.74, 6) is -4.34. The van der Waals surface area contributed by atoms with Crippen molar-refractivity contribution < 1.29 is 26.7 Å². The van der Waals surface area contributed by atoms with E-state index in [1.165, 1.54) is 4.80 Å². The molecule has 2 atom stereocenters. The molecule has 14 heteroatoms. The van der Waals surface area contributed by atoms with Crippen molar-refractivity contribution in [2.75, 3.05) is 18.4 Å². The summed E-state index contributed by atoms with van der Waals surface area (Å²) in [6.45, 7) is 2.49. The van der Waals surface area contributed by atoms with Gasteiger partial charge in [0.2, 0.25) is 11.8 Å². The third-order valence-corrected chi connectivity index (χ3v) is 5.94. The second-order valence-corrected chi connectivity index (χ2v) is 8.86. The lowest BCUT2D eigenvalue weighted by Crippen LogP contribution is -2.57. The van der Waals surface area contributed by atoms with Gasteiger partial charge in [-0.1, -0.05) is 18.6 Å². The molecule has 0 saturated carbocycles. The molecule has 4 rings (SSSR count). The molecule has 1 amide bonds. The number of benzene rings is 1. The van der Waals surface area contributed by atoms with Gasteiger partial charge in [-0.2, -0.15) is 18.0 Å². The van der Waals surface area contributed by atoms with Gasteiger partial charge in [-0.15, -0.1) is 10.2 Å². The maximum Gasteiger partial charge on any atom is 0.419 e. The number of carbonyl (C=O) groups excluding carboxylic acids is 1. The van der Waals surface area contributed by atoms with Crippen molar-refractivity contribution in [3.05, 3.63) is 47.3 Å². The molecule has 1 aliphatic rings. The summed E-state index contributed by atoms with van der Waals surface area (Å²) < 4.78 is 67.5. The van der Waals surface area contributed by atoms with E-state index in [0.717, 1.165) is 10.5 Å². The third kappa shape index (κ3) is 5.41. The number of halogens is 5. The van der Waals surface area contributed by atoms with Crippen LogP contribution in [0.3, 0.4) is 0 Å². The molecule has 0 aliphatic carbocycles. The number of hydrogen-bond acceptors (Lipinski definition) is 7. The summed E-state index contributed by atoms with van der Waals surface area (Å²) in [5, 5.41) is 14.6. The zero-order valence-corrected chi connectivity index (χ0v) is 19.6. The Bertz CT molecular complexity index is 1240. The van der Waals surface area contributed by atoms with Crippen LogP contribution in [0.5, 0.6) is 0 Å². The SMILES string of the molecule is Cc1ccc(-c2nnn(C)n2)c(C(=O)N2CC(F)(F)C[C@@H](C)[C@H]2CNc2ncc(C(F)(F)F)cn2)c1. The Kier molecular flexibility index (Phi) is 6.62. The first-order valence-electron chi connectivity index (χ1n) is 11.0. The molecule has 9 nitrogen and oxygen atoms in total. The monoisotopic (exact) mass is 510 g/mol. The largest absolute Gasteiger partial charge is 0.419 e. The summed E-state index contributed by atoms with van der Waals surface area (Å²) in [6.07, 6.45) is -3.79. The molecule has 36 heavy (non-hydrogen) atoms. The van der Waals surface area contributed by atoms with E-state index in [1.807, 2.05) is 0 Å². The van der Waals surface area contributed by atoms with Crippen molar-refractivity contribution in [3.8, 4) is 11.4 Å². The van der Waals surface area contributed by atoms with Gasteiger partial charge in [0.15, 0.2) is 0 Å². The number of tetrazole rings is 1. The average Bonchev–Trinajstić information content (AvgIpc) is 3.22. The van der Waals surface area contributed by atoms with Crippen molar-refractivity contribution in [3.63, 3.8) is 0 Å². The van der Waals surface area contributed by atoms with Crippen LogP contribution in [0.15, 0.2) is 30.6 Å². The lowest BCUT2D eigenvalue weighted by atomic mass is 9.87. The van der Waals surface area contributed by atoms with Crippen molar-refractivity contribution >= 4 is 11.9 Å². The molecule has 1 saturated heterocycles. The zero-order chi connectivity index (χ0) is 26.3. The fraction of sp³-hybridized carbons (Fsp3) is 0.455. The molecule has 1 N–H and O–H groups in total. The van der Waals surface area contributed by atoms with Gasteiger partial charge in [-0.25, -0.2) is 18.7 Å². The molecule has 0 unspecified atom stereocenters. The zero-order valence-electron chi connectivity index (χ0n) is 19.6. The predicted molar refractivity (Wildman–Crippen MR) is 118 cm³/mol. The van der Waals surface area contributed by atoms with Gasteiger partial charge in [0.05, 0.1) is 30.8 Å². The number of hydrogen-bond donors (Lipinski definition) is 1. The molecule has 1 fully saturated rings. The fourth-order valence-electron chi connectivity index (χ4n) is 4.22. The number of anilines is 1. The van der Waals surface area contributed by atoms with Gasteiger partial charge in [0, 0.05) is 30.9 Å². The number of carbonyl (C=O) groups is 1. The van der Waals surface area contributed by atoms with E-state index in [1.54, 1.807) is 39.1 Å². The minimum absolute atomic E-state index is 0.0428. The van der Waals surface area contributed by atoms with Gasteiger partial charge in [-0.05, 0) is 30.2 Å². The van der Waals surface area contributed by atoms with E-state index in [-0.39, 0.29) is 23.9 Å². The van der Waals surface area contributed by atoms with Crippen LogP contribution < -0.4 is 5.32 Å². The molecule has 3 heterocycles. The van der Waals surface area contributed by atoms with E-state index >= 15 is 0 Å². The van der Waals surface area contributed by atoms with Gasteiger partial charge in [-0.3, -0.25) is 4.79 Å². The highest BCUT2D eigenvalue weighted by Gasteiger charge is 2.46. The molecule has 3 aromatic rings. The summed E-state index contributed by atoms with van der Waals surface area (Å²) in [5.41, 5.74) is 0.206. The Morgan fingerprint density at radius 2 is 1.92 bits per heavy atom. The van der Waals surface area contributed by atoms with Crippen LogP contribution in [0, 0.1) is 12.8 Å². The minimum Gasteiger partial charge on any atom is -0.352 e. The molecular formula is C22H23F5N8O. The first-order chi connectivity index (χ1) is 16.8. The van der Waals surface area contributed by atoms with Gasteiger partial charge >= 0.3 is 6.18 Å². The van der Waals surface area contributed by atoms with Crippen LogP contribution >= 0.6 is 0 Å². The van der Waals surface area contributed by atoms with Crippen molar-refractivity contribution in [2.24, 2.45) is 13.0 Å². The molecule has 0 bridgehead atoms. The van der Waals surface area contributed by atoms with Crippen LogP contribution in [0.1, 0.15) is 34.8 Å². The van der Waals surface area contributed by atoms with E-state index in [9.17, 15) is 26.7 Å². The molecule has 1 aliphatic heterocycles. The smallest absolute Gasteiger partial charge is 0.352 e. The van der Waals surface area contributed by atoms with Gasteiger partial charge < -0.3 is 10.2 Å². The number of amides is 1. The molecule has 0 spiro atoms. The Morgan fingerprint density at radius 3 is 2.53 bits per heavy atom. The Balaban J connectivity index is 1.63. The van der Waals surface area contributed by atoms with Gasteiger partial charge in [0.1, 0.15) is 0 Å². The predicted octanol–water partition coefficient (Wildman–Crippen LogP) is 3.59. The van der Waals surface area contributed by atoms with Gasteiger partial charge in [0.25, 0.3) is 11.8 Å². The van der Waals surface area contributed by atoms with Crippen molar-refractivity contribution in [1.82, 2.24) is 35.1 Å². The lowest BCUT2D eigenvalue weighted by Gasteiger charge is -2.43. The maximum atomic E-state index is 14.6. The topological polar surface area (TPSA) is 102 Å². The van der Waals surface area contributed by atoms with Crippen LogP contribution in [0.4, 0.5) is 27.9 Å². The number of alkyl halides is 5. The minimum atomic E-state index is -4.59. The second-order valence-electron chi connectivity index (χ2n) is 8.86. The highest BCUT2D eigenvalue weighted by Crippen LogP contribution is 2.36. The van der Waals surface area contributed by atoms with E-state index in [4.69, 9.17) is 0 Å². The number of nitrogens with one attached hydrogen (secondary N) is 1. The third-order valence-electron chi connectivity index (χ3n) is 5.94. The first-order valence-corrected chi connectivity index (χ1v) is 11.0. The van der Waals surface area contributed by atoms with E-state index in [2.05, 4.69) is 30.7 Å². The Hall–Kier alpha value is -3.71. The number of likely N-dealkylation sites (tertiary alicyclic amines) is 1. The Labute approximate surface area is 202 Å². The number of aromatic nitrogens is 6. The van der Waals surface area contributed by atoms with E-state index < -0.39 is 48.5 Å². The highest BCUT2D eigenvalue weighted by molar-refractivity contribution is 6.00. The average molecular weight is 510 g/mol.